The molecule has 1 aromatic rings. The zero-order valence-electron chi connectivity index (χ0n) is 10.0. The van der Waals surface area contributed by atoms with E-state index < -0.39 is 23.1 Å². The summed E-state index contributed by atoms with van der Waals surface area (Å²) in [4.78, 5) is 11.4. The van der Waals surface area contributed by atoms with Crippen LogP contribution in [0.2, 0.25) is 0 Å². The average Bonchev–Trinajstić information content (AvgIpc) is 3.13. The minimum atomic E-state index is -1.60. The molecule has 5 heteroatoms. The van der Waals surface area contributed by atoms with Crippen molar-refractivity contribution >= 4 is 5.97 Å². The van der Waals surface area contributed by atoms with Gasteiger partial charge in [-0.3, -0.25) is 5.32 Å². The first kappa shape index (κ1) is 13.0. The summed E-state index contributed by atoms with van der Waals surface area (Å²) >= 11 is 0. The van der Waals surface area contributed by atoms with Gasteiger partial charge in [0.15, 0.2) is 11.6 Å². The third-order valence-corrected chi connectivity index (χ3v) is 3.36. The van der Waals surface area contributed by atoms with E-state index in [0.717, 1.165) is 18.9 Å². The van der Waals surface area contributed by atoms with E-state index in [1.165, 1.54) is 19.1 Å². The smallest absolute Gasteiger partial charge is 0.328 e. The summed E-state index contributed by atoms with van der Waals surface area (Å²) < 4.78 is 26.9. The molecule has 1 aliphatic carbocycles. The summed E-state index contributed by atoms with van der Waals surface area (Å²) in [5.74, 6) is -2.91. The van der Waals surface area contributed by atoms with Crippen LogP contribution in [0.25, 0.3) is 0 Å². The van der Waals surface area contributed by atoms with Crippen molar-refractivity contribution < 1.29 is 18.7 Å². The minimum Gasteiger partial charge on any atom is -0.480 e. The first-order valence-electron chi connectivity index (χ1n) is 5.88. The van der Waals surface area contributed by atoms with Gasteiger partial charge in [0.25, 0.3) is 0 Å². The number of hydrogen-bond donors (Lipinski definition) is 2. The van der Waals surface area contributed by atoms with Gasteiger partial charge in [-0.1, -0.05) is 12.1 Å². The Bertz CT molecular complexity index is 474. The molecular weight excluding hydrogens is 240 g/mol. The van der Waals surface area contributed by atoms with Crippen LogP contribution in [-0.4, -0.2) is 17.6 Å². The SMILES string of the molecule is CC(NCC1CC1)(C(=O)O)c1cccc(F)c1F. The Morgan fingerprint density at radius 3 is 2.72 bits per heavy atom. The highest BCUT2D eigenvalue weighted by Crippen LogP contribution is 2.31. The Labute approximate surface area is 104 Å². The molecule has 0 spiro atoms. The second-order valence-electron chi connectivity index (χ2n) is 4.86. The van der Waals surface area contributed by atoms with E-state index in [0.29, 0.717) is 12.5 Å². The van der Waals surface area contributed by atoms with Crippen LogP contribution < -0.4 is 5.32 Å². The van der Waals surface area contributed by atoms with Gasteiger partial charge in [0, 0.05) is 5.56 Å². The number of carbonyl (C=O) groups is 1. The van der Waals surface area contributed by atoms with Crippen molar-refractivity contribution in [3.8, 4) is 0 Å². The molecule has 2 N–H and O–H groups in total. The van der Waals surface area contributed by atoms with Crippen molar-refractivity contribution in [2.45, 2.75) is 25.3 Å². The van der Waals surface area contributed by atoms with Gasteiger partial charge in [0.1, 0.15) is 5.54 Å². The zero-order chi connectivity index (χ0) is 13.3. The highest BCUT2D eigenvalue weighted by atomic mass is 19.2. The molecule has 2 rings (SSSR count). The Hall–Kier alpha value is -1.49. The molecule has 0 bridgehead atoms. The van der Waals surface area contributed by atoms with Crippen LogP contribution in [0.5, 0.6) is 0 Å². The van der Waals surface area contributed by atoms with Crippen molar-refractivity contribution in [3.63, 3.8) is 0 Å². The monoisotopic (exact) mass is 255 g/mol. The van der Waals surface area contributed by atoms with Crippen LogP contribution in [0.1, 0.15) is 25.3 Å². The number of halogens is 2. The first-order chi connectivity index (χ1) is 8.45. The van der Waals surface area contributed by atoms with Gasteiger partial charge in [-0.15, -0.1) is 0 Å². The normalized spacial score (nSPS) is 18.4. The van der Waals surface area contributed by atoms with Gasteiger partial charge in [-0.2, -0.15) is 0 Å². The van der Waals surface area contributed by atoms with Gasteiger partial charge in [-0.05, 0) is 38.3 Å². The van der Waals surface area contributed by atoms with E-state index in [-0.39, 0.29) is 5.56 Å². The molecule has 0 aromatic heterocycles. The topological polar surface area (TPSA) is 49.3 Å². The number of hydrogen-bond acceptors (Lipinski definition) is 2. The van der Waals surface area contributed by atoms with Gasteiger partial charge >= 0.3 is 5.97 Å². The van der Waals surface area contributed by atoms with Crippen LogP contribution in [-0.2, 0) is 10.3 Å². The van der Waals surface area contributed by atoms with E-state index in [1.54, 1.807) is 0 Å². The van der Waals surface area contributed by atoms with Crippen LogP contribution in [0.15, 0.2) is 18.2 Å². The lowest BCUT2D eigenvalue weighted by Gasteiger charge is -2.27. The van der Waals surface area contributed by atoms with Crippen LogP contribution in [0, 0.1) is 17.6 Å². The molecule has 1 fully saturated rings. The molecule has 18 heavy (non-hydrogen) atoms. The van der Waals surface area contributed by atoms with Crippen LogP contribution in [0.3, 0.4) is 0 Å². The molecule has 0 heterocycles. The van der Waals surface area contributed by atoms with E-state index in [1.807, 2.05) is 0 Å². The number of aliphatic carboxylic acids is 1. The second kappa shape index (κ2) is 4.65. The predicted molar refractivity (Wildman–Crippen MR) is 62.1 cm³/mol. The van der Waals surface area contributed by atoms with Gasteiger partial charge in [0.2, 0.25) is 0 Å². The Kier molecular flexibility index (Phi) is 3.34. The molecular formula is C13H15F2NO2. The third-order valence-electron chi connectivity index (χ3n) is 3.36. The lowest BCUT2D eigenvalue weighted by atomic mass is 9.91. The van der Waals surface area contributed by atoms with Crippen molar-refractivity contribution in [1.82, 2.24) is 5.32 Å². The maximum absolute atomic E-state index is 13.7. The van der Waals surface area contributed by atoms with Gasteiger partial charge in [-0.25, -0.2) is 13.6 Å². The summed E-state index contributed by atoms with van der Waals surface area (Å²) in [6.07, 6.45) is 2.10. The van der Waals surface area contributed by atoms with Gasteiger partial charge in [0.05, 0.1) is 0 Å². The average molecular weight is 255 g/mol. The number of carboxylic acid groups (broad SMARTS) is 1. The lowest BCUT2D eigenvalue weighted by Crippen LogP contribution is -2.48. The van der Waals surface area contributed by atoms with Crippen LogP contribution in [0.4, 0.5) is 8.78 Å². The van der Waals surface area contributed by atoms with E-state index in [2.05, 4.69) is 5.32 Å². The fraction of sp³-hybridized carbons (Fsp3) is 0.462. The second-order valence-corrected chi connectivity index (χ2v) is 4.86. The Morgan fingerprint density at radius 1 is 1.50 bits per heavy atom. The number of nitrogens with one attached hydrogen (secondary N) is 1. The third kappa shape index (κ3) is 2.36. The van der Waals surface area contributed by atoms with Crippen molar-refractivity contribution in [2.75, 3.05) is 6.54 Å². The van der Waals surface area contributed by atoms with E-state index in [9.17, 15) is 18.7 Å². The van der Waals surface area contributed by atoms with Crippen LogP contribution >= 0.6 is 0 Å². The van der Waals surface area contributed by atoms with E-state index in [4.69, 9.17) is 0 Å². The van der Waals surface area contributed by atoms with Crippen molar-refractivity contribution in [1.29, 1.82) is 0 Å². The molecule has 1 unspecified atom stereocenters. The molecule has 3 nitrogen and oxygen atoms in total. The standard InChI is InChI=1S/C13H15F2NO2/c1-13(12(17)18,16-7-8-5-6-8)9-3-2-4-10(14)11(9)15/h2-4,8,16H,5-7H2,1H3,(H,17,18). The highest BCUT2D eigenvalue weighted by Gasteiger charge is 2.39. The molecule has 0 saturated heterocycles. The Balaban J connectivity index is 2.32. The molecule has 1 aliphatic rings. The summed E-state index contributed by atoms with van der Waals surface area (Å²) in [5.41, 5.74) is -1.77. The molecule has 0 aliphatic heterocycles. The summed E-state index contributed by atoms with van der Waals surface area (Å²) in [5, 5.41) is 12.1. The van der Waals surface area contributed by atoms with E-state index >= 15 is 0 Å². The largest absolute Gasteiger partial charge is 0.480 e. The summed E-state index contributed by atoms with van der Waals surface area (Å²) in [6, 6.07) is 3.59. The predicted octanol–water partition coefficient (Wildman–Crippen LogP) is 2.26. The molecule has 0 radical (unpaired) electrons. The van der Waals surface area contributed by atoms with Gasteiger partial charge < -0.3 is 5.11 Å². The lowest BCUT2D eigenvalue weighted by molar-refractivity contribution is -0.144. The molecule has 1 saturated carbocycles. The zero-order valence-corrected chi connectivity index (χ0v) is 10.0. The number of carboxylic acids is 1. The fourth-order valence-corrected chi connectivity index (χ4v) is 1.85. The molecule has 0 amide bonds. The molecule has 98 valence electrons. The highest BCUT2D eigenvalue weighted by molar-refractivity contribution is 5.80. The summed E-state index contributed by atoms with van der Waals surface area (Å²) in [7, 11) is 0. The number of benzene rings is 1. The first-order valence-corrected chi connectivity index (χ1v) is 5.88. The molecule has 1 aromatic carbocycles. The summed E-state index contributed by atoms with van der Waals surface area (Å²) in [6.45, 7) is 1.86. The van der Waals surface area contributed by atoms with Crippen molar-refractivity contribution in [3.05, 3.63) is 35.4 Å². The Morgan fingerprint density at radius 2 is 2.17 bits per heavy atom. The number of rotatable bonds is 5. The fourth-order valence-electron chi connectivity index (χ4n) is 1.85. The van der Waals surface area contributed by atoms with Crippen molar-refractivity contribution in [2.24, 2.45) is 5.92 Å². The quantitative estimate of drug-likeness (QED) is 0.848. The maximum atomic E-state index is 13.7. The minimum absolute atomic E-state index is 0.171. The maximum Gasteiger partial charge on any atom is 0.328 e. The molecule has 1 atom stereocenters.